The van der Waals surface area contributed by atoms with E-state index in [-0.39, 0.29) is 12.3 Å². The van der Waals surface area contributed by atoms with E-state index in [0.29, 0.717) is 19.3 Å². The third kappa shape index (κ3) is 3.03. The number of rotatable bonds is 3. The molecule has 5 nitrogen and oxygen atoms in total. The third-order valence-corrected chi connectivity index (χ3v) is 10.2. The number of aliphatic hydroxyl groups excluding tert-OH is 2. The quantitative estimate of drug-likeness (QED) is 0.597. The van der Waals surface area contributed by atoms with Crippen LogP contribution >= 0.6 is 0 Å². The van der Waals surface area contributed by atoms with E-state index in [1.54, 1.807) is 13.8 Å². The Balaban J connectivity index is 1.54. The molecular formula is C29H36FNO4. The fourth-order valence-corrected chi connectivity index (χ4v) is 8.17. The van der Waals surface area contributed by atoms with E-state index in [4.69, 9.17) is 4.99 Å². The zero-order valence-electron chi connectivity index (χ0n) is 21.0. The SMILES string of the molecule is Cc1ccccc1N=C1C=C[C@@]2(C)C(=C1)CC[C@H]1[C@@H]3C[C@@H](C)[C@](O)(C(=O)CO)[C@@]3(C)C[C@H](O)[C@@]12F. The van der Waals surface area contributed by atoms with E-state index in [0.717, 1.165) is 22.5 Å². The normalized spacial score (nSPS) is 45.5. The van der Waals surface area contributed by atoms with Crippen molar-refractivity contribution in [3.63, 3.8) is 0 Å². The zero-order chi connectivity index (χ0) is 25.4. The highest BCUT2D eigenvalue weighted by Gasteiger charge is 2.75. The molecule has 5 rings (SSSR count). The summed E-state index contributed by atoms with van der Waals surface area (Å²) in [5.41, 5.74) is -2.10. The number of allylic oxidation sites excluding steroid dienone is 4. The molecule has 35 heavy (non-hydrogen) atoms. The van der Waals surface area contributed by atoms with E-state index in [1.807, 2.05) is 56.3 Å². The predicted molar refractivity (Wildman–Crippen MR) is 133 cm³/mol. The molecule has 8 atom stereocenters. The summed E-state index contributed by atoms with van der Waals surface area (Å²) in [6, 6.07) is 7.87. The number of alkyl halides is 1. The molecule has 0 aliphatic heterocycles. The molecule has 0 spiro atoms. The summed E-state index contributed by atoms with van der Waals surface area (Å²) in [5.74, 6) is -1.85. The van der Waals surface area contributed by atoms with Crippen molar-refractivity contribution in [3.05, 3.63) is 53.6 Å². The van der Waals surface area contributed by atoms with Crippen molar-refractivity contribution in [1.29, 1.82) is 0 Å². The average Bonchev–Trinajstić information content (AvgIpc) is 3.02. The van der Waals surface area contributed by atoms with E-state index >= 15 is 4.39 Å². The lowest BCUT2D eigenvalue weighted by molar-refractivity contribution is -0.219. The highest BCUT2D eigenvalue weighted by Crippen LogP contribution is 2.70. The molecular weight excluding hydrogens is 445 g/mol. The number of hydrogen-bond acceptors (Lipinski definition) is 5. The Morgan fingerprint density at radius 3 is 2.63 bits per heavy atom. The summed E-state index contributed by atoms with van der Waals surface area (Å²) in [7, 11) is 0. The molecule has 1 aromatic rings. The highest BCUT2D eigenvalue weighted by molar-refractivity contribution is 6.07. The lowest BCUT2D eigenvalue weighted by Gasteiger charge is -2.62. The van der Waals surface area contributed by atoms with Gasteiger partial charge in [0.05, 0.1) is 17.5 Å². The molecule has 3 saturated carbocycles. The molecule has 1 aromatic carbocycles. The van der Waals surface area contributed by atoms with E-state index in [1.165, 1.54) is 0 Å². The lowest BCUT2D eigenvalue weighted by Crippen LogP contribution is -2.69. The molecule has 0 amide bonds. The Kier molecular flexibility index (Phi) is 5.56. The van der Waals surface area contributed by atoms with Crippen LogP contribution in [0.3, 0.4) is 0 Å². The Hall–Kier alpha value is -2.15. The Labute approximate surface area is 206 Å². The predicted octanol–water partition coefficient (Wildman–Crippen LogP) is 4.41. The summed E-state index contributed by atoms with van der Waals surface area (Å²) in [5, 5.41) is 32.6. The van der Waals surface area contributed by atoms with Crippen LogP contribution in [-0.4, -0.2) is 50.8 Å². The summed E-state index contributed by atoms with van der Waals surface area (Å²) < 4.78 is 17.4. The first-order valence-corrected chi connectivity index (χ1v) is 12.7. The van der Waals surface area contributed by atoms with Crippen molar-refractivity contribution in [1.82, 2.24) is 0 Å². The first-order chi connectivity index (χ1) is 16.4. The second kappa shape index (κ2) is 7.92. The number of nitrogens with zero attached hydrogens (tertiary/aromatic N) is 1. The third-order valence-electron chi connectivity index (χ3n) is 10.2. The van der Waals surface area contributed by atoms with Crippen LogP contribution in [0.1, 0.15) is 52.0 Å². The first-order valence-electron chi connectivity index (χ1n) is 12.7. The molecule has 0 unspecified atom stereocenters. The van der Waals surface area contributed by atoms with Gasteiger partial charge >= 0.3 is 0 Å². The van der Waals surface area contributed by atoms with Gasteiger partial charge in [0, 0.05) is 16.7 Å². The minimum atomic E-state index is -1.93. The fraction of sp³-hybridized carbons (Fsp3) is 0.586. The van der Waals surface area contributed by atoms with E-state index < -0.39 is 52.4 Å². The number of halogens is 1. The van der Waals surface area contributed by atoms with Crippen molar-refractivity contribution in [2.45, 2.75) is 70.8 Å². The van der Waals surface area contributed by atoms with Gasteiger partial charge in [-0.2, -0.15) is 0 Å². The van der Waals surface area contributed by atoms with Crippen LogP contribution in [0.5, 0.6) is 0 Å². The minimum Gasteiger partial charge on any atom is -0.390 e. The summed E-state index contributed by atoms with van der Waals surface area (Å²) >= 11 is 0. The summed E-state index contributed by atoms with van der Waals surface area (Å²) in [4.78, 5) is 17.5. The second-order valence-electron chi connectivity index (χ2n) is 11.7. The maximum Gasteiger partial charge on any atom is 0.190 e. The van der Waals surface area contributed by atoms with Crippen molar-refractivity contribution in [2.75, 3.05) is 6.61 Å². The lowest BCUT2D eigenvalue weighted by atomic mass is 9.44. The molecule has 188 valence electrons. The molecule has 0 bridgehead atoms. The molecule has 3 N–H and O–H groups in total. The van der Waals surface area contributed by atoms with Crippen LogP contribution in [0, 0.1) is 35.5 Å². The number of Topliss-reactive ketones (excluding diaryl/α,β-unsaturated/α-hetero) is 1. The summed E-state index contributed by atoms with van der Waals surface area (Å²) in [6.07, 6.45) is 5.96. The van der Waals surface area contributed by atoms with Crippen LogP contribution in [0.25, 0.3) is 0 Å². The van der Waals surface area contributed by atoms with Crippen LogP contribution < -0.4 is 0 Å². The number of hydrogen-bond donors (Lipinski definition) is 3. The van der Waals surface area contributed by atoms with Crippen LogP contribution in [0.4, 0.5) is 10.1 Å². The van der Waals surface area contributed by atoms with Gasteiger partial charge in [-0.15, -0.1) is 0 Å². The highest BCUT2D eigenvalue weighted by atomic mass is 19.1. The minimum absolute atomic E-state index is 0.0296. The van der Waals surface area contributed by atoms with E-state index in [2.05, 4.69) is 0 Å². The number of benzene rings is 1. The number of carbonyl (C=O) groups excluding carboxylic acids is 1. The fourth-order valence-electron chi connectivity index (χ4n) is 8.17. The van der Waals surface area contributed by atoms with Gasteiger partial charge in [0.1, 0.15) is 12.2 Å². The average molecular weight is 482 g/mol. The Morgan fingerprint density at radius 1 is 1.23 bits per heavy atom. The molecule has 0 aromatic heterocycles. The van der Waals surface area contributed by atoms with Crippen molar-refractivity contribution < 1.29 is 24.5 Å². The van der Waals surface area contributed by atoms with E-state index in [9.17, 15) is 20.1 Å². The number of fused-ring (bicyclic) bond motifs is 5. The number of ketones is 1. The number of aryl methyl sites for hydroxylation is 1. The number of aliphatic imine (C=N–C) groups is 1. The van der Waals surface area contributed by atoms with Gasteiger partial charge in [0.15, 0.2) is 11.5 Å². The van der Waals surface area contributed by atoms with Gasteiger partial charge in [-0.05, 0) is 75.1 Å². The molecule has 0 heterocycles. The maximum absolute atomic E-state index is 17.4. The number of carbonyl (C=O) groups is 1. The van der Waals surface area contributed by atoms with Crippen LogP contribution in [0.2, 0.25) is 0 Å². The van der Waals surface area contributed by atoms with Gasteiger partial charge in [0.25, 0.3) is 0 Å². The zero-order valence-corrected chi connectivity index (χ0v) is 21.0. The molecule has 3 fully saturated rings. The Bertz CT molecular complexity index is 1160. The molecule has 4 aliphatic rings. The van der Waals surface area contributed by atoms with Gasteiger partial charge in [-0.1, -0.05) is 43.7 Å². The largest absolute Gasteiger partial charge is 0.390 e. The summed E-state index contributed by atoms with van der Waals surface area (Å²) in [6.45, 7) is 6.71. The Morgan fingerprint density at radius 2 is 1.94 bits per heavy atom. The first kappa shape index (κ1) is 24.5. The van der Waals surface area contributed by atoms with Crippen molar-refractivity contribution in [3.8, 4) is 0 Å². The molecule has 0 saturated heterocycles. The standard InChI is InChI=1S/C29H36FNO4/c1-17-7-5-6-8-23(17)31-20-11-12-26(3)19(14-20)9-10-21-22-13-18(2)29(35,25(34)16-32)27(22,4)15-24(33)28(21,26)30/h5-8,11-12,14,18,21-22,24,32-33,35H,9-10,13,15-16H2,1-4H3/t18-,21+,22+,24+,26+,27+,28+,29+/m1/s1. The topological polar surface area (TPSA) is 90.1 Å². The van der Waals surface area contributed by atoms with Gasteiger partial charge in [-0.25, -0.2) is 9.38 Å². The smallest absolute Gasteiger partial charge is 0.190 e. The van der Waals surface area contributed by atoms with Gasteiger partial charge in [0.2, 0.25) is 0 Å². The maximum atomic E-state index is 17.4. The molecule has 0 radical (unpaired) electrons. The van der Waals surface area contributed by atoms with Gasteiger partial charge < -0.3 is 15.3 Å². The number of para-hydroxylation sites is 1. The monoisotopic (exact) mass is 481 g/mol. The van der Waals surface area contributed by atoms with Crippen LogP contribution in [0.15, 0.2) is 53.1 Å². The number of aliphatic hydroxyl groups is 3. The van der Waals surface area contributed by atoms with Crippen molar-refractivity contribution in [2.24, 2.45) is 33.6 Å². The van der Waals surface area contributed by atoms with Gasteiger partial charge in [-0.3, -0.25) is 4.79 Å². The molecule has 6 heteroatoms. The van der Waals surface area contributed by atoms with Crippen LogP contribution in [-0.2, 0) is 4.79 Å². The molecule has 4 aliphatic carbocycles. The van der Waals surface area contributed by atoms with Crippen molar-refractivity contribution >= 4 is 17.2 Å². The second-order valence-corrected chi connectivity index (χ2v) is 11.7.